The van der Waals surface area contributed by atoms with Gasteiger partial charge >= 0.3 is 0 Å². The normalized spacial score (nSPS) is 10.8. The Hall–Kier alpha value is -3.80. The van der Waals surface area contributed by atoms with E-state index in [9.17, 15) is 9.18 Å². The average Bonchev–Trinajstić information content (AvgIpc) is 3.17. The predicted molar refractivity (Wildman–Crippen MR) is 115 cm³/mol. The third kappa shape index (κ3) is 3.85. The highest BCUT2D eigenvalue weighted by atomic mass is 19.1. The van der Waals surface area contributed by atoms with Gasteiger partial charge in [0.1, 0.15) is 5.82 Å². The molecule has 0 saturated carbocycles. The molecule has 150 valence electrons. The van der Waals surface area contributed by atoms with Crippen molar-refractivity contribution in [3.8, 4) is 17.1 Å². The van der Waals surface area contributed by atoms with Crippen LogP contribution in [0.3, 0.4) is 0 Å². The van der Waals surface area contributed by atoms with Crippen LogP contribution in [-0.4, -0.2) is 20.7 Å². The molecule has 0 aliphatic rings. The first-order chi connectivity index (χ1) is 14.4. The first kappa shape index (κ1) is 19.5. The third-order valence-corrected chi connectivity index (χ3v) is 4.83. The second-order valence-electron chi connectivity index (χ2n) is 7.26. The highest BCUT2D eigenvalue weighted by molar-refractivity contribution is 6.01. The van der Waals surface area contributed by atoms with E-state index in [0.29, 0.717) is 5.82 Å². The summed E-state index contributed by atoms with van der Waals surface area (Å²) in [6.07, 6.45) is 0. The van der Waals surface area contributed by atoms with Crippen LogP contribution in [0.5, 0.6) is 0 Å². The molecule has 0 aliphatic carbocycles. The van der Waals surface area contributed by atoms with Gasteiger partial charge in [-0.1, -0.05) is 54.1 Å². The topological polar surface area (TPSA) is 59.8 Å². The van der Waals surface area contributed by atoms with E-state index in [-0.39, 0.29) is 11.5 Å². The summed E-state index contributed by atoms with van der Waals surface area (Å²) in [5.41, 5.74) is 4.94. The Kier molecular flexibility index (Phi) is 5.14. The van der Waals surface area contributed by atoms with E-state index in [0.717, 1.165) is 27.9 Å². The first-order valence-corrected chi connectivity index (χ1v) is 9.60. The Morgan fingerprint density at radius 2 is 1.63 bits per heavy atom. The molecule has 4 rings (SSSR count). The van der Waals surface area contributed by atoms with Gasteiger partial charge in [-0.25, -0.2) is 14.1 Å². The summed E-state index contributed by atoms with van der Waals surface area (Å²) in [5.74, 6) is -0.576. The Bertz CT molecular complexity index is 1230. The van der Waals surface area contributed by atoms with E-state index >= 15 is 0 Å². The molecule has 1 heterocycles. The van der Waals surface area contributed by atoms with Crippen molar-refractivity contribution in [3.63, 3.8) is 0 Å². The number of aryl methyl sites for hydroxylation is 3. The third-order valence-electron chi connectivity index (χ3n) is 4.83. The molecule has 0 radical (unpaired) electrons. The Labute approximate surface area is 174 Å². The Balaban J connectivity index is 1.81. The van der Waals surface area contributed by atoms with E-state index in [4.69, 9.17) is 0 Å². The van der Waals surface area contributed by atoms with Crippen LogP contribution >= 0.6 is 0 Å². The fourth-order valence-electron chi connectivity index (χ4n) is 3.15. The number of nitrogens with one attached hydrogen (secondary N) is 1. The first-order valence-electron chi connectivity index (χ1n) is 9.60. The van der Waals surface area contributed by atoms with Crippen LogP contribution < -0.4 is 5.32 Å². The minimum atomic E-state index is -0.572. The zero-order valence-electron chi connectivity index (χ0n) is 17.0. The summed E-state index contributed by atoms with van der Waals surface area (Å²) >= 11 is 0. The number of aromatic nitrogens is 3. The number of para-hydroxylation sites is 1. The van der Waals surface area contributed by atoms with Crippen LogP contribution in [0.1, 0.15) is 27.3 Å². The van der Waals surface area contributed by atoms with Gasteiger partial charge in [0.25, 0.3) is 5.91 Å². The van der Waals surface area contributed by atoms with Crippen LogP contribution in [0.25, 0.3) is 17.1 Å². The molecule has 0 bridgehead atoms. The number of hydrogen-bond acceptors (Lipinski definition) is 3. The minimum absolute atomic E-state index is 0.0327. The number of anilines is 1. The second-order valence-corrected chi connectivity index (χ2v) is 7.26. The van der Waals surface area contributed by atoms with E-state index in [1.54, 1.807) is 16.8 Å². The van der Waals surface area contributed by atoms with Gasteiger partial charge in [-0.05, 0) is 50.1 Å². The van der Waals surface area contributed by atoms with Crippen molar-refractivity contribution in [2.24, 2.45) is 0 Å². The van der Waals surface area contributed by atoms with Gasteiger partial charge in [-0.2, -0.15) is 0 Å². The zero-order valence-corrected chi connectivity index (χ0v) is 17.0. The Morgan fingerprint density at radius 1 is 0.933 bits per heavy atom. The summed E-state index contributed by atoms with van der Waals surface area (Å²) in [7, 11) is 0. The van der Waals surface area contributed by atoms with Crippen molar-refractivity contribution in [2.75, 3.05) is 5.32 Å². The average molecular weight is 400 g/mol. The minimum Gasteiger partial charge on any atom is -0.317 e. The molecule has 0 fully saturated rings. The van der Waals surface area contributed by atoms with Crippen molar-refractivity contribution >= 4 is 11.6 Å². The molecule has 1 N–H and O–H groups in total. The van der Waals surface area contributed by atoms with Crippen LogP contribution in [0.4, 0.5) is 10.1 Å². The van der Waals surface area contributed by atoms with Crippen molar-refractivity contribution in [1.29, 1.82) is 0 Å². The second kappa shape index (κ2) is 7.91. The smallest absolute Gasteiger partial charge is 0.295 e. The van der Waals surface area contributed by atoms with Crippen molar-refractivity contribution < 1.29 is 9.18 Å². The van der Waals surface area contributed by atoms with Gasteiger partial charge in [0.15, 0.2) is 5.82 Å². The molecule has 5 nitrogen and oxygen atoms in total. The number of carbonyl (C=O) groups is 1. The molecule has 4 aromatic rings. The van der Waals surface area contributed by atoms with E-state index in [2.05, 4.69) is 15.4 Å². The van der Waals surface area contributed by atoms with Crippen LogP contribution in [0.2, 0.25) is 0 Å². The lowest BCUT2D eigenvalue weighted by atomic mass is 10.1. The van der Waals surface area contributed by atoms with Crippen LogP contribution in [0, 0.1) is 26.6 Å². The van der Waals surface area contributed by atoms with Gasteiger partial charge in [0, 0.05) is 5.56 Å². The monoisotopic (exact) mass is 400 g/mol. The standard InChI is InChI=1S/C24H21FN4O/c1-15-9-12-18(13-10-15)23-27-22(24(30)26-20-7-5-4-6-19(20)25)28-29(23)21-14-16(2)8-11-17(21)3/h4-14H,1-3H3,(H,26,30). The Morgan fingerprint density at radius 3 is 2.37 bits per heavy atom. The van der Waals surface area contributed by atoms with Gasteiger partial charge in [-0.3, -0.25) is 4.79 Å². The predicted octanol–water partition coefficient (Wildman–Crippen LogP) is 5.25. The molecular weight excluding hydrogens is 379 g/mol. The number of carbonyl (C=O) groups excluding carboxylic acids is 1. The van der Waals surface area contributed by atoms with Crippen molar-refractivity contribution in [3.05, 3.63) is 95.1 Å². The van der Waals surface area contributed by atoms with E-state index in [1.807, 2.05) is 63.2 Å². The maximum atomic E-state index is 14.0. The van der Waals surface area contributed by atoms with Crippen molar-refractivity contribution in [2.45, 2.75) is 20.8 Å². The molecule has 1 amide bonds. The number of halogens is 1. The molecule has 0 spiro atoms. The van der Waals surface area contributed by atoms with Gasteiger partial charge < -0.3 is 5.32 Å². The zero-order chi connectivity index (χ0) is 21.3. The van der Waals surface area contributed by atoms with E-state index < -0.39 is 11.7 Å². The summed E-state index contributed by atoms with van der Waals surface area (Å²) in [4.78, 5) is 17.3. The summed E-state index contributed by atoms with van der Waals surface area (Å²) in [6, 6.07) is 19.9. The highest BCUT2D eigenvalue weighted by Crippen LogP contribution is 2.25. The molecule has 0 atom stereocenters. The number of benzene rings is 3. The van der Waals surface area contributed by atoms with Crippen LogP contribution in [0.15, 0.2) is 66.7 Å². The molecular formula is C24H21FN4O. The molecule has 0 saturated heterocycles. The summed E-state index contributed by atoms with van der Waals surface area (Å²) < 4.78 is 15.6. The molecule has 30 heavy (non-hydrogen) atoms. The van der Waals surface area contributed by atoms with Gasteiger partial charge in [0.05, 0.1) is 11.4 Å². The number of hydrogen-bond donors (Lipinski definition) is 1. The molecule has 1 aromatic heterocycles. The lowest BCUT2D eigenvalue weighted by Gasteiger charge is -2.10. The SMILES string of the molecule is Cc1ccc(-c2nc(C(=O)Nc3ccccc3F)nn2-c2cc(C)ccc2C)cc1. The molecule has 0 unspecified atom stereocenters. The highest BCUT2D eigenvalue weighted by Gasteiger charge is 2.20. The van der Waals surface area contributed by atoms with Crippen molar-refractivity contribution in [1.82, 2.24) is 14.8 Å². The lowest BCUT2D eigenvalue weighted by molar-refractivity contribution is 0.101. The quantitative estimate of drug-likeness (QED) is 0.509. The summed E-state index contributed by atoms with van der Waals surface area (Å²) in [6.45, 7) is 5.98. The van der Waals surface area contributed by atoms with Gasteiger partial charge in [-0.15, -0.1) is 5.10 Å². The maximum Gasteiger partial charge on any atom is 0.295 e. The van der Waals surface area contributed by atoms with Gasteiger partial charge in [0.2, 0.25) is 5.82 Å². The molecule has 3 aromatic carbocycles. The fraction of sp³-hybridized carbons (Fsp3) is 0.125. The largest absolute Gasteiger partial charge is 0.317 e. The lowest BCUT2D eigenvalue weighted by Crippen LogP contribution is -2.15. The fourth-order valence-corrected chi connectivity index (χ4v) is 3.15. The molecule has 6 heteroatoms. The number of rotatable bonds is 4. The van der Waals surface area contributed by atoms with E-state index in [1.165, 1.54) is 12.1 Å². The number of amides is 1. The van der Waals surface area contributed by atoms with Crippen LogP contribution in [-0.2, 0) is 0 Å². The summed E-state index contributed by atoms with van der Waals surface area (Å²) in [5, 5.41) is 7.03. The molecule has 0 aliphatic heterocycles. The maximum absolute atomic E-state index is 14.0. The number of nitrogens with zero attached hydrogens (tertiary/aromatic N) is 3.